The van der Waals surface area contributed by atoms with Crippen LogP contribution in [0.2, 0.25) is 0 Å². The van der Waals surface area contributed by atoms with Gasteiger partial charge in [-0.1, -0.05) is 66.2 Å². The molecule has 162 valence electrons. The van der Waals surface area contributed by atoms with Gasteiger partial charge < -0.3 is 0 Å². The summed E-state index contributed by atoms with van der Waals surface area (Å²) in [5.41, 5.74) is 10.5. The van der Waals surface area contributed by atoms with Gasteiger partial charge in [0.25, 0.3) is 0 Å². The van der Waals surface area contributed by atoms with E-state index in [2.05, 4.69) is 103 Å². The lowest BCUT2D eigenvalue weighted by Crippen LogP contribution is -1.90. The fourth-order valence-electron chi connectivity index (χ4n) is 4.81. The second-order valence-corrected chi connectivity index (χ2v) is 8.87. The summed E-state index contributed by atoms with van der Waals surface area (Å²) in [6, 6.07) is 34.6. The van der Waals surface area contributed by atoms with Crippen molar-refractivity contribution in [2.24, 2.45) is 0 Å². The molecule has 6 rings (SSSR count). The van der Waals surface area contributed by atoms with Crippen LogP contribution in [0.3, 0.4) is 0 Å². The van der Waals surface area contributed by atoms with Crippen LogP contribution in [0.4, 0.5) is 0 Å². The Labute approximate surface area is 199 Å². The minimum atomic E-state index is 0.988. The molecule has 0 amide bonds. The fourth-order valence-corrected chi connectivity index (χ4v) is 4.81. The molecule has 0 aliphatic rings. The number of fused-ring (bicyclic) bond motifs is 3. The van der Waals surface area contributed by atoms with Gasteiger partial charge in [0.05, 0.1) is 11.2 Å². The van der Waals surface area contributed by atoms with Crippen LogP contribution in [0.15, 0.2) is 109 Å². The number of aromatic nitrogens is 2. The Bertz CT molecular complexity index is 1670. The largest absolute Gasteiger partial charge is 0.256 e. The highest BCUT2D eigenvalue weighted by molar-refractivity contribution is 6.13. The summed E-state index contributed by atoms with van der Waals surface area (Å²) in [7, 11) is 0. The Morgan fingerprint density at radius 1 is 0.500 bits per heavy atom. The molecule has 34 heavy (non-hydrogen) atoms. The summed E-state index contributed by atoms with van der Waals surface area (Å²) < 4.78 is 0. The molecule has 0 unspecified atom stereocenters. The molecule has 0 atom stereocenters. The molecule has 2 heterocycles. The second-order valence-electron chi connectivity index (χ2n) is 8.87. The van der Waals surface area contributed by atoms with Crippen molar-refractivity contribution in [3.05, 3.63) is 121 Å². The van der Waals surface area contributed by atoms with Crippen LogP contribution in [0.1, 0.15) is 11.1 Å². The number of rotatable bonds is 3. The zero-order valence-electron chi connectivity index (χ0n) is 19.3. The molecular weight excluding hydrogens is 412 g/mol. The lowest BCUT2D eigenvalue weighted by atomic mass is 9.91. The molecule has 2 nitrogen and oxygen atoms in total. The Hall–Kier alpha value is -4.30. The number of benzene rings is 4. The van der Waals surface area contributed by atoms with Crippen LogP contribution >= 0.6 is 0 Å². The van der Waals surface area contributed by atoms with Gasteiger partial charge in [-0.3, -0.25) is 9.97 Å². The normalized spacial score (nSPS) is 11.2. The molecule has 0 aliphatic heterocycles. The Balaban J connectivity index is 1.55. The van der Waals surface area contributed by atoms with E-state index in [1.54, 1.807) is 0 Å². The number of pyridine rings is 2. The van der Waals surface area contributed by atoms with Crippen LogP contribution in [-0.4, -0.2) is 9.97 Å². The molecule has 2 aromatic heterocycles. The quantitative estimate of drug-likeness (QED) is 0.260. The van der Waals surface area contributed by atoms with Gasteiger partial charge in [-0.2, -0.15) is 0 Å². The van der Waals surface area contributed by atoms with Crippen LogP contribution in [0.5, 0.6) is 0 Å². The first kappa shape index (κ1) is 20.3. The predicted molar refractivity (Wildman–Crippen MR) is 143 cm³/mol. The van der Waals surface area contributed by atoms with Crippen molar-refractivity contribution >= 4 is 21.7 Å². The Morgan fingerprint density at radius 3 is 2.21 bits per heavy atom. The van der Waals surface area contributed by atoms with Gasteiger partial charge in [0.1, 0.15) is 0 Å². The highest BCUT2D eigenvalue weighted by atomic mass is 14.7. The summed E-state index contributed by atoms with van der Waals surface area (Å²) in [6.07, 6.45) is 3.71. The lowest BCUT2D eigenvalue weighted by molar-refractivity contribution is 1.32. The monoisotopic (exact) mass is 436 g/mol. The zero-order chi connectivity index (χ0) is 23.1. The average Bonchev–Trinajstić information content (AvgIpc) is 2.89. The van der Waals surface area contributed by atoms with E-state index < -0.39 is 0 Å². The van der Waals surface area contributed by atoms with Crippen molar-refractivity contribution in [3.63, 3.8) is 0 Å². The molecule has 6 aromatic rings. The Kier molecular flexibility index (Phi) is 4.92. The van der Waals surface area contributed by atoms with Gasteiger partial charge in [0.2, 0.25) is 0 Å². The first-order valence-corrected chi connectivity index (χ1v) is 11.6. The molecule has 0 bridgehead atoms. The van der Waals surface area contributed by atoms with Gasteiger partial charge >= 0.3 is 0 Å². The number of hydrogen-bond acceptors (Lipinski definition) is 2. The van der Waals surface area contributed by atoms with E-state index in [4.69, 9.17) is 0 Å². The van der Waals surface area contributed by atoms with Crippen molar-refractivity contribution in [2.75, 3.05) is 0 Å². The molecule has 0 aliphatic carbocycles. The average molecular weight is 437 g/mol. The van der Waals surface area contributed by atoms with Gasteiger partial charge in [-0.05, 0) is 88.8 Å². The molecule has 0 saturated carbocycles. The van der Waals surface area contributed by atoms with Gasteiger partial charge in [-0.25, -0.2) is 0 Å². The first-order valence-electron chi connectivity index (χ1n) is 11.6. The number of nitrogens with zero attached hydrogens (tertiary/aromatic N) is 2. The third-order valence-corrected chi connectivity index (χ3v) is 6.56. The molecule has 2 heteroatoms. The molecule has 0 spiro atoms. The van der Waals surface area contributed by atoms with E-state index >= 15 is 0 Å². The van der Waals surface area contributed by atoms with E-state index in [1.165, 1.54) is 49.5 Å². The van der Waals surface area contributed by atoms with Crippen LogP contribution < -0.4 is 0 Å². The van der Waals surface area contributed by atoms with E-state index in [-0.39, 0.29) is 0 Å². The van der Waals surface area contributed by atoms with Crippen molar-refractivity contribution in [3.8, 4) is 33.5 Å². The molecule has 0 saturated heterocycles. The summed E-state index contributed by atoms with van der Waals surface area (Å²) in [6.45, 7) is 4.32. The minimum Gasteiger partial charge on any atom is -0.256 e. The SMILES string of the molecule is Cc1ccc2c(c1)c(-c1cccc(-c3cc(-c4ccccn4)ccc3C)c1)cc1ncccc12. The summed E-state index contributed by atoms with van der Waals surface area (Å²) >= 11 is 0. The third kappa shape index (κ3) is 3.54. The highest BCUT2D eigenvalue weighted by Crippen LogP contribution is 2.37. The van der Waals surface area contributed by atoms with Crippen LogP contribution in [0, 0.1) is 13.8 Å². The standard InChI is InChI=1S/C32H24N2/c1-21-11-14-26-27-9-6-16-34-32(27)20-29(30(26)17-21)24-8-5-7-23(18-24)28-19-25(13-12-22(28)2)31-10-3-4-15-33-31/h3-20H,1-2H3. The van der Waals surface area contributed by atoms with Crippen molar-refractivity contribution in [1.29, 1.82) is 0 Å². The van der Waals surface area contributed by atoms with Crippen LogP contribution in [-0.2, 0) is 0 Å². The second kappa shape index (κ2) is 8.24. The van der Waals surface area contributed by atoms with Crippen molar-refractivity contribution < 1.29 is 0 Å². The molecule has 0 N–H and O–H groups in total. The van der Waals surface area contributed by atoms with Crippen molar-refractivity contribution in [1.82, 2.24) is 9.97 Å². The highest BCUT2D eigenvalue weighted by Gasteiger charge is 2.12. The number of hydrogen-bond donors (Lipinski definition) is 0. The zero-order valence-corrected chi connectivity index (χ0v) is 19.3. The Morgan fingerprint density at radius 2 is 1.35 bits per heavy atom. The van der Waals surface area contributed by atoms with Gasteiger partial charge in [0.15, 0.2) is 0 Å². The van der Waals surface area contributed by atoms with Crippen molar-refractivity contribution in [2.45, 2.75) is 13.8 Å². The minimum absolute atomic E-state index is 0.988. The summed E-state index contributed by atoms with van der Waals surface area (Å²) in [5.74, 6) is 0. The topological polar surface area (TPSA) is 25.8 Å². The van der Waals surface area contributed by atoms with E-state index in [9.17, 15) is 0 Å². The number of aryl methyl sites for hydroxylation is 2. The van der Waals surface area contributed by atoms with Gasteiger partial charge in [-0.15, -0.1) is 0 Å². The lowest BCUT2D eigenvalue weighted by Gasteiger charge is -2.14. The summed E-state index contributed by atoms with van der Waals surface area (Å²) in [4.78, 5) is 9.22. The van der Waals surface area contributed by atoms with Gasteiger partial charge in [0, 0.05) is 23.3 Å². The smallest absolute Gasteiger partial charge is 0.0714 e. The maximum absolute atomic E-state index is 4.67. The van der Waals surface area contributed by atoms with E-state index in [0.29, 0.717) is 0 Å². The molecular formula is C32H24N2. The predicted octanol–water partition coefficient (Wildman–Crippen LogP) is 8.40. The summed E-state index contributed by atoms with van der Waals surface area (Å²) in [5, 5.41) is 3.69. The first-order chi connectivity index (χ1) is 16.7. The molecule has 0 fully saturated rings. The van der Waals surface area contributed by atoms with E-state index in [0.717, 1.165) is 16.8 Å². The molecule has 4 aromatic carbocycles. The third-order valence-electron chi connectivity index (χ3n) is 6.56. The molecule has 0 radical (unpaired) electrons. The fraction of sp³-hybridized carbons (Fsp3) is 0.0625. The maximum atomic E-state index is 4.67. The van der Waals surface area contributed by atoms with Crippen LogP contribution in [0.25, 0.3) is 55.2 Å². The van der Waals surface area contributed by atoms with E-state index in [1.807, 2.05) is 30.6 Å². The maximum Gasteiger partial charge on any atom is 0.0714 e.